The molecule has 102 valence electrons. The zero-order chi connectivity index (χ0) is 14.8. The lowest BCUT2D eigenvalue weighted by Gasteiger charge is -2.08. The molecule has 0 atom stereocenters. The Hall–Kier alpha value is -2.62. The molecule has 19 heavy (non-hydrogen) atoms. The Kier molecular flexibility index (Phi) is 3.75. The van der Waals surface area contributed by atoms with E-state index >= 15 is 0 Å². The van der Waals surface area contributed by atoms with Crippen molar-refractivity contribution in [1.29, 1.82) is 0 Å². The van der Waals surface area contributed by atoms with Crippen LogP contribution in [0.25, 0.3) is 0 Å². The maximum atomic E-state index is 11.5. The van der Waals surface area contributed by atoms with Crippen LogP contribution in [0, 0.1) is 0 Å². The van der Waals surface area contributed by atoms with Gasteiger partial charge in [0.05, 0.1) is 11.1 Å². The van der Waals surface area contributed by atoms with Gasteiger partial charge in [0.1, 0.15) is 4.90 Å². The molecular formula is C9H6O9S. The van der Waals surface area contributed by atoms with E-state index in [1.165, 1.54) is 0 Å². The number of carboxylic acids is 2. The van der Waals surface area contributed by atoms with E-state index in [2.05, 4.69) is 4.18 Å². The maximum Gasteiger partial charge on any atom is 0.522 e. The second kappa shape index (κ2) is 4.94. The van der Waals surface area contributed by atoms with Gasteiger partial charge < -0.3 is 19.5 Å². The summed E-state index contributed by atoms with van der Waals surface area (Å²) in [5.74, 6) is -3.52. The Balaban J connectivity index is 3.61. The summed E-state index contributed by atoms with van der Waals surface area (Å²) in [6.45, 7) is 0. The van der Waals surface area contributed by atoms with Crippen molar-refractivity contribution in [3.8, 4) is 0 Å². The normalized spacial score (nSPS) is 10.7. The average Bonchev–Trinajstić information content (AvgIpc) is 2.25. The van der Waals surface area contributed by atoms with E-state index in [0.29, 0.717) is 0 Å². The van der Waals surface area contributed by atoms with Crippen molar-refractivity contribution in [3.63, 3.8) is 0 Å². The molecule has 0 amide bonds. The largest absolute Gasteiger partial charge is 0.522 e. The van der Waals surface area contributed by atoms with Gasteiger partial charge in [-0.25, -0.2) is 14.4 Å². The molecule has 0 aliphatic rings. The molecule has 0 saturated carbocycles. The first-order chi connectivity index (χ1) is 8.66. The third-order valence-corrected chi connectivity index (χ3v) is 3.16. The van der Waals surface area contributed by atoms with Crippen LogP contribution < -0.4 is 0 Å². The van der Waals surface area contributed by atoms with Crippen molar-refractivity contribution in [1.82, 2.24) is 0 Å². The van der Waals surface area contributed by atoms with Gasteiger partial charge in [0.2, 0.25) is 0 Å². The minimum Gasteiger partial charge on any atom is -0.478 e. The number of carbonyl (C=O) groups is 3. The average molecular weight is 290 g/mol. The Morgan fingerprint density at radius 3 is 2.00 bits per heavy atom. The quantitative estimate of drug-likeness (QED) is 0.670. The van der Waals surface area contributed by atoms with Gasteiger partial charge >= 0.3 is 28.2 Å². The Morgan fingerprint density at radius 2 is 1.58 bits per heavy atom. The van der Waals surface area contributed by atoms with Crippen LogP contribution in [0.5, 0.6) is 0 Å². The molecule has 0 bridgehead atoms. The zero-order valence-electron chi connectivity index (χ0n) is 8.93. The molecule has 0 aromatic heterocycles. The van der Waals surface area contributed by atoms with E-state index in [0.717, 1.165) is 18.2 Å². The highest BCUT2D eigenvalue weighted by Crippen LogP contribution is 2.22. The molecule has 0 heterocycles. The third-order valence-electron chi connectivity index (χ3n) is 1.92. The second-order valence-corrected chi connectivity index (χ2v) is 4.61. The van der Waals surface area contributed by atoms with E-state index in [1.54, 1.807) is 0 Å². The second-order valence-electron chi connectivity index (χ2n) is 3.09. The number of benzene rings is 1. The van der Waals surface area contributed by atoms with E-state index in [1.807, 2.05) is 0 Å². The summed E-state index contributed by atoms with van der Waals surface area (Å²) >= 11 is 0. The van der Waals surface area contributed by atoms with Crippen molar-refractivity contribution in [2.75, 3.05) is 0 Å². The van der Waals surface area contributed by atoms with Crippen LogP contribution in [0.4, 0.5) is 4.79 Å². The first-order valence-electron chi connectivity index (χ1n) is 4.44. The number of carboxylic acid groups (broad SMARTS) is 3. The number of hydrogen-bond donors (Lipinski definition) is 3. The molecule has 1 aromatic carbocycles. The van der Waals surface area contributed by atoms with Crippen molar-refractivity contribution in [2.24, 2.45) is 0 Å². The van der Waals surface area contributed by atoms with Gasteiger partial charge in [0.15, 0.2) is 0 Å². The molecule has 0 radical (unpaired) electrons. The lowest BCUT2D eigenvalue weighted by atomic mass is 10.1. The molecule has 0 unspecified atom stereocenters. The monoisotopic (exact) mass is 290 g/mol. The lowest BCUT2D eigenvalue weighted by molar-refractivity contribution is 0.0648. The van der Waals surface area contributed by atoms with E-state index in [9.17, 15) is 22.8 Å². The van der Waals surface area contributed by atoms with Gasteiger partial charge in [-0.3, -0.25) is 0 Å². The molecular weight excluding hydrogens is 284 g/mol. The molecule has 0 aliphatic carbocycles. The molecule has 9 nitrogen and oxygen atoms in total. The molecule has 0 saturated heterocycles. The fraction of sp³-hybridized carbons (Fsp3) is 0. The van der Waals surface area contributed by atoms with Crippen LogP contribution in [0.2, 0.25) is 0 Å². The third kappa shape index (κ3) is 2.98. The predicted octanol–water partition coefficient (Wildman–Crippen LogP) is 0.466. The summed E-state index contributed by atoms with van der Waals surface area (Å²) in [7, 11) is -4.93. The summed E-state index contributed by atoms with van der Waals surface area (Å²) in [4.78, 5) is 30.9. The van der Waals surface area contributed by atoms with Gasteiger partial charge in [-0.2, -0.15) is 8.42 Å². The van der Waals surface area contributed by atoms with Crippen molar-refractivity contribution >= 4 is 28.2 Å². The van der Waals surface area contributed by atoms with Crippen LogP contribution >= 0.6 is 0 Å². The molecule has 3 N–H and O–H groups in total. The van der Waals surface area contributed by atoms with Gasteiger partial charge in [-0.1, -0.05) is 6.07 Å². The number of aromatic carboxylic acids is 2. The molecule has 10 heteroatoms. The van der Waals surface area contributed by atoms with E-state index in [-0.39, 0.29) is 0 Å². The zero-order valence-corrected chi connectivity index (χ0v) is 9.75. The topological polar surface area (TPSA) is 155 Å². The van der Waals surface area contributed by atoms with Crippen LogP contribution in [-0.4, -0.2) is 41.8 Å². The summed E-state index contributed by atoms with van der Waals surface area (Å²) < 4.78 is 26.5. The predicted molar refractivity (Wildman–Crippen MR) is 56.7 cm³/mol. The Bertz CT molecular complexity index is 658. The highest BCUT2D eigenvalue weighted by molar-refractivity contribution is 7.87. The van der Waals surface area contributed by atoms with Crippen molar-refractivity contribution < 1.29 is 42.3 Å². The maximum absolute atomic E-state index is 11.5. The smallest absolute Gasteiger partial charge is 0.478 e. The highest BCUT2D eigenvalue weighted by Gasteiger charge is 2.30. The Labute approximate surface area is 105 Å². The molecule has 0 fully saturated rings. The first-order valence-corrected chi connectivity index (χ1v) is 5.84. The lowest BCUT2D eigenvalue weighted by Crippen LogP contribution is -2.18. The summed E-state index contributed by atoms with van der Waals surface area (Å²) in [6.07, 6.45) is -2.17. The fourth-order valence-corrected chi connectivity index (χ4v) is 2.25. The van der Waals surface area contributed by atoms with Crippen LogP contribution in [0.3, 0.4) is 0 Å². The van der Waals surface area contributed by atoms with E-state index < -0.39 is 44.2 Å². The summed E-state index contributed by atoms with van der Waals surface area (Å²) in [6, 6.07) is 2.55. The van der Waals surface area contributed by atoms with E-state index in [4.69, 9.17) is 15.3 Å². The number of hydrogen-bond acceptors (Lipinski definition) is 6. The fourth-order valence-electron chi connectivity index (χ4n) is 1.28. The summed E-state index contributed by atoms with van der Waals surface area (Å²) in [5, 5.41) is 25.9. The first kappa shape index (κ1) is 14.4. The standard InChI is InChI=1S/C9H6O9S/c10-7(11)4-2-1-3-5(6(4)8(12)13)19(16,17)18-9(14)15/h1-3H,(H,10,11)(H,12,13)(H,14,15). The highest BCUT2D eigenvalue weighted by atomic mass is 32.2. The molecule has 1 rings (SSSR count). The van der Waals surface area contributed by atoms with Gasteiger partial charge in [-0.15, -0.1) is 0 Å². The molecule has 0 spiro atoms. The SMILES string of the molecule is O=C(O)OS(=O)(=O)c1cccc(C(=O)O)c1C(=O)O. The van der Waals surface area contributed by atoms with Gasteiger partial charge in [0, 0.05) is 0 Å². The molecule has 1 aromatic rings. The minimum atomic E-state index is -4.93. The molecule has 0 aliphatic heterocycles. The van der Waals surface area contributed by atoms with Gasteiger partial charge in [-0.05, 0) is 12.1 Å². The van der Waals surface area contributed by atoms with Crippen LogP contribution in [0.15, 0.2) is 23.1 Å². The summed E-state index contributed by atoms with van der Waals surface area (Å²) in [5.41, 5.74) is -1.88. The van der Waals surface area contributed by atoms with Crippen LogP contribution in [0.1, 0.15) is 20.7 Å². The number of rotatable bonds is 4. The van der Waals surface area contributed by atoms with Crippen molar-refractivity contribution in [2.45, 2.75) is 4.90 Å². The van der Waals surface area contributed by atoms with Gasteiger partial charge in [0.25, 0.3) is 0 Å². The minimum absolute atomic E-state index is 0.730. The Morgan fingerprint density at radius 1 is 1.00 bits per heavy atom. The van der Waals surface area contributed by atoms with Crippen molar-refractivity contribution in [3.05, 3.63) is 29.3 Å². The van der Waals surface area contributed by atoms with Crippen LogP contribution in [-0.2, 0) is 14.3 Å².